The molecule has 0 saturated heterocycles. The second-order valence-electron chi connectivity index (χ2n) is 3.15. The Hall–Kier alpha value is -0.770. The first-order chi connectivity index (χ1) is 7.22. The van der Waals surface area contributed by atoms with E-state index >= 15 is 0 Å². The molecule has 1 rings (SSSR count). The summed E-state index contributed by atoms with van der Waals surface area (Å²) < 4.78 is 30.7. The molecule has 1 nitrogen and oxygen atoms in total. The van der Waals surface area contributed by atoms with Crippen molar-refractivity contribution in [3.8, 4) is 5.75 Å². The molecule has 0 unspecified atom stereocenters. The summed E-state index contributed by atoms with van der Waals surface area (Å²) in [7, 11) is 0. The molecule has 0 saturated carbocycles. The second-order valence-corrected chi connectivity index (χ2v) is 4.14. The minimum Gasteiger partial charge on any atom is -0.493 e. The van der Waals surface area contributed by atoms with Gasteiger partial charge in [0, 0.05) is 18.2 Å². The zero-order chi connectivity index (χ0) is 11.1. The Kier molecular flexibility index (Phi) is 5.47. The maximum atomic E-state index is 12.7. The summed E-state index contributed by atoms with van der Waals surface area (Å²) in [5.41, 5.74) is 0. The monoisotopic (exact) mass is 232 g/mol. The Morgan fingerprint density at radius 1 is 1.13 bits per heavy atom. The van der Waals surface area contributed by atoms with E-state index in [1.165, 1.54) is 12.1 Å². The smallest absolute Gasteiger partial charge is 0.129 e. The van der Waals surface area contributed by atoms with Crippen LogP contribution in [0.3, 0.4) is 0 Å². The lowest BCUT2D eigenvalue weighted by molar-refractivity contribution is 0.306. The summed E-state index contributed by atoms with van der Waals surface area (Å²) in [4.78, 5) is 0. The highest BCUT2D eigenvalue weighted by atomic mass is 32.2. The van der Waals surface area contributed by atoms with Crippen molar-refractivity contribution in [2.24, 2.45) is 0 Å². The van der Waals surface area contributed by atoms with Crippen LogP contribution >= 0.6 is 11.8 Å². The standard InChI is InChI=1S/C11H14F2OS/c1-15-5-3-2-4-14-11-7-9(12)6-10(13)8-11/h6-8H,2-5H2,1H3. The van der Waals surface area contributed by atoms with Gasteiger partial charge in [-0.15, -0.1) is 0 Å². The summed E-state index contributed by atoms with van der Waals surface area (Å²) in [6, 6.07) is 3.22. The van der Waals surface area contributed by atoms with Gasteiger partial charge in [-0.05, 0) is 24.9 Å². The Morgan fingerprint density at radius 3 is 2.40 bits per heavy atom. The normalized spacial score (nSPS) is 10.3. The van der Waals surface area contributed by atoms with Crippen LogP contribution in [-0.2, 0) is 0 Å². The molecule has 0 N–H and O–H groups in total. The van der Waals surface area contributed by atoms with Gasteiger partial charge in [-0.1, -0.05) is 0 Å². The minimum absolute atomic E-state index is 0.261. The highest BCUT2D eigenvalue weighted by Crippen LogP contribution is 2.15. The molecule has 1 aromatic rings. The van der Waals surface area contributed by atoms with Crippen molar-refractivity contribution < 1.29 is 13.5 Å². The molecule has 0 fully saturated rings. The molecule has 0 aliphatic carbocycles. The molecule has 0 atom stereocenters. The van der Waals surface area contributed by atoms with E-state index in [0.29, 0.717) is 6.61 Å². The van der Waals surface area contributed by atoms with Gasteiger partial charge in [-0.25, -0.2) is 8.78 Å². The number of unbranched alkanes of at least 4 members (excludes halogenated alkanes) is 1. The van der Waals surface area contributed by atoms with E-state index in [1.807, 2.05) is 6.26 Å². The number of hydrogen-bond acceptors (Lipinski definition) is 2. The predicted octanol–water partition coefficient (Wildman–Crippen LogP) is 3.49. The van der Waals surface area contributed by atoms with E-state index in [4.69, 9.17) is 4.74 Å². The van der Waals surface area contributed by atoms with Gasteiger partial charge in [-0.2, -0.15) is 11.8 Å². The molecule has 0 radical (unpaired) electrons. The number of ether oxygens (including phenoxy) is 1. The second kappa shape index (κ2) is 6.67. The largest absolute Gasteiger partial charge is 0.493 e. The van der Waals surface area contributed by atoms with Crippen molar-refractivity contribution in [3.63, 3.8) is 0 Å². The molecule has 0 aliphatic heterocycles. The van der Waals surface area contributed by atoms with Gasteiger partial charge in [0.1, 0.15) is 17.4 Å². The Labute approximate surface area is 92.8 Å². The van der Waals surface area contributed by atoms with Gasteiger partial charge in [0.15, 0.2) is 0 Å². The molecule has 15 heavy (non-hydrogen) atoms. The number of benzene rings is 1. The van der Waals surface area contributed by atoms with Crippen LogP contribution in [0.1, 0.15) is 12.8 Å². The lowest BCUT2D eigenvalue weighted by atomic mass is 10.3. The number of halogens is 2. The van der Waals surface area contributed by atoms with Crippen LogP contribution in [0.4, 0.5) is 8.78 Å². The molecule has 0 bridgehead atoms. The van der Waals surface area contributed by atoms with Gasteiger partial charge < -0.3 is 4.74 Å². The van der Waals surface area contributed by atoms with Crippen molar-refractivity contribution in [1.82, 2.24) is 0 Å². The van der Waals surface area contributed by atoms with Crippen molar-refractivity contribution >= 4 is 11.8 Å². The maximum absolute atomic E-state index is 12.7. The summed E-state index contributed by atoms with van der Waals surface area (Å²) in [6.45, 7) is 0.503. The van der Waals surface area contributed by atoms with E-state index in [9.17, 15) is 8.78 Å². The Balaban J connectivity index is 2.31. The van der Waals surface area contributed by atoms with Gasteiger partial charge in [0.05, 0.1) is 6.61 Å². The van der Waals surface area contributed by atoms with Crippen LogP contribution in [0.15, 0.2) is 18.2 Å². The highest BCUT2D eigenvalue weighted by Gasteiger charge is 2.00. The van der Waals surface area contributed by atoms with Crippen molar-refractivity contribution in [2.45, 2.75) is 12.8 Å². The zero-order valence-corrected chi connectivity index (χ0v) is 9.45. The molecule has 0 aliphatic rings. The fraction of sp³-hybridized carbons (Fsp3) is 0.455. The molecule has 0 aromatic heterocycles. The van der Waals surface area contributed by atoms with Gasteiger partial charge in [-0.3, -0.25) is 0 Å². The zero-order valence-electron chi connectivity index (χ0n) is 8.63. The molecular weight excluding hydrogens is 218 g/mol. The van der Waals surface area contributed by atoms with E-state index < -0.39 is 11.6 Å². The highest BCUT2D eigenvalue weighted by molar-refractivity contribution is 7.98. The molecule has 0 amide bonds. The summed E-state index contributed by atoms with van der Waals surface area (Å²) in [6.07, 6.45) is 4.00. The third kappa shape index (κ3) is 5.02. The minimum atomic E-state index is -0.603. The van der Waals surface area contributed by atoms with Crippen molar-refractivity contribution in [1.29, 1.82) is 0 Å². The van der Waals surface area contributed by atoms with Crippen LogP contribution < -0.4 is 4.74 Å². The first kappa shape index (κ1) is 12.3. The molecule has 1 aromatic carbocycles. The molecule has 0 spiro atoms. The van der Waals surface area contributed by atoms with Crippen LogP contribution in [0, 0.1) is 11.6 Å². The van der Waals surface area contributed by atoms with Crippen LogP contribution in [0.2, 0.25) is 0 Å². The van der Waals surface area contributed by atoms with E-state index in [-0.39, 0.29) is 5.75 Å². The summed E-state index contributed by atoms with van der Waals surface area (Å²) >= 11 is 1.78. The number of hydrogen-bond donors (Lipinski definition) is 0. The molecule has 4 heteroatoms. The summed E-state index contributed by atoms with van der Waals surface area (Å²) in [5.74, 6) is 0.140. The third-order valence-corrected chi connectivity index (χ3v) is 2.54. The van der Waals surface area contributed by atoms with Gasteiger partial charge >= 0.3 is 0 Å². The summed E-state index contributed by atoms with van der Waals surface area (Å²) in [5, 5.41) is 0. The first-order valence-electron chi connectivity index (χ1n) is 4.80. The first-order valence-corrected chi connectivity index (χ1v) is 6.19. The van der Waals surface area contributed by atoms with Crippen LogP contribution in [0.5, 0.6) is 5.75 Å². The quantitative estimate of drug-likeness (QED) is 0.694. The average molecular weight is 232 g/mol. The fourth-order valence-corrected chi connectivity index (χ4v) is 1.64. The van der Waals surface area contributed by atoms with Gasteiger partial charge in [0.25, 0.3) is 0 Å². The predicted molar refractivity (Wildman–Crippen MR) is 59.5 cm³/mol. The SMILES string of the molecule is CSCCCCOc1cc(F)cc(F)c1. The van der Waals surface area contributed by atoms with Crippen LogP contribution in [0.25, 0.3) is 0 Å². The van der Waals surface area contributed by atoms with E-state index in [0.717, 1.165) is 24.7 Å². The topological polar surface area (TPSA) is 9.23 Å². The molecular formula is C11H14F2OS. The Morgan fingerprint density at radius 2 is 1.80 bits per heavy atom. The number of rotatable bonds is 6. The Bertz CT molecular complexity index is 284. The van der Waals surface area contributed by atoms with Gasteiger partial charge in [0.2, 0.25) is 0 Å². The van der Waals surface area contributed by atoms with Crippen molar-refractivity contribution in [2.75, 3.05) is 18.6 Å². The lowest BCUT2D eigenvalue weighted by Gasteiger charge is -2.05. The maximum Gasteiger partial charge on any atom is 0.129 e. The number of thioether (sulfide) groups is 1. The third-order valence-electron chi connectivity index (χ3n) is 1.85. The van der Waals surface area contributed by atoms with Crippen LogP contribution in [-0.4, -0.2) is 18.6 Å². The molecule has 84 valence electrons. The van der Waals surface area contributed by atoms with Crippen molar-refractivity contribution in [3.05, 3.63) is 29.8 Å². The fourth-order valence-electron chi connectivity index (χ4n) is 1.15. The molecule has 0 heterocycles. The lowest BCUT2D eigenvalue weighted by Crippen LogP contribution is -1.98. The average Bonchev–Trinajstić information content (AvgIpc) is 2.16. The van der Waals surface area contributed by atoms with E-state index in [1.54, 1.807) is 11.8 Å². The van der Waals surface area contributed by atoms with E-state index in [2.05, 4.69) is 0 Å².